The summed E-state index contributed by atoms with van der Waals surface area (Å²) < 4.78 is 0. The van der Waals surface area contributed by atoms with Gasteiger partial charge in [0.05, 0.1) is 58.1 Å². The van der Waals surface area contributed by atoms with Crippen LogP contribution >= 0.6 is 24.4 Å². The highest BCUT2D eigenvalue weighted by atomic mass is 32.2. The number of carbonyl (C=O) groups excluding carboxylic acids is 21. The molecule has 52 nitrogen and oxygen atoms in total. The lowest BCUT2D eigenvalue weighted by molar-refractivity contribution is -0.143. The number of unbranched alkanes of at least 4 members (excludes halogenated alkanes) is 1. The molecule has 54 heteroatoms. The third-order valence-corrected chi connectivity index (χ3v) is 25.0. The maximum atomic E-state index is 14.8. The third kappa shape index (κ3) is 43.4. The third-order valence-electron chi connectivity index (χ3n) is 23.9. The van der Waals surface area contributed by atoms with Crippen LogP contribution in [0.1, 0.15) is 158 Å². The zero-order chi connectivity index (χ0) is 112. The van der Waals surface area contributed by atoms with Crippen LogP contribution in [0.25, 0.3) is 10.9 Å². The summed E-state index contributed by atoms with van der Waals surface area (Å²) in [6.07, 6.45) is 4.28. The number of aliphatic hydroxyl groups excluding tert-OH is 3. The van der Waals surface area contributed by atoms with Crippen LogP contribution in [0.15, 0.2) is 73.3 Å². The van der Waals surface area contributed by atoms with Crippen molar-refractivity contribution in [2.24, 2.45) is 52.5 Å². The summed E-state index contributed by atoms with van der Waals surface area (Å²) >= 11 is 5.75. The number of aromatic amines is 2. The van der Waals surface area contributed by atoms with E-state index in [1.165, 1.54) is 65.8 Å². The fourth-order valence-corrected chi connectivity index (χ4v) is 15.5. The normalized spacial score (nSPS) is 15.3. The van der Waals surface area contributed by atoms with Crippen LogP contribution in [0.3, 0.4) is 0 Å². The van der Waals surface area contributed by atoms with Crippen molar-refractivity contribution in [2.45, 2.75) is 269 Å². The number of hydrogen-bond acceptors (Lipinski definition) is 30. The van der Waals surface area contributed by atoms with E-state index in [0.717, 1.165) is 0 Å². The van der Waals surface area contributed by atoms with E-state index in [9.17, 15) is 126 Å². The zero-order valence-electron chi connectivity index (χ0n) is 85.7. The molecular formula is C95H148N26O26S2. The summed E-state index contributed by atoms with van der Waals surface area (Å²) in [6.45, 7) is 14.2. The number of fused-ring (bicyclic) bond motifs is 1. The van der Waals surface area contributed by atoms with Gasteiger partial charge in [-0.3, -0.25) is 101 Å². The summed E-state index contributed by atoms with van der Waals surface area (Å²) in [4.78, 5) is 312. The number of nitrogens with zero attached hydrogens (tertiary/aromatic N) is 1. The molecular weight excluding hydrogens is 1990 g/mol. The Morgan fingerprint density at radius 2 is 0.819 bits per heavy atom. The van der Waals surface area contributed by atoms with E-state index in [-0.39, 0.29) is 69.7 Å². The quantitative estimate of drug-likeness (QED) is 0.0144. The first-order valence-corrected chi connectivity index (χ1v) is 50.9. The average molecular weight is 2130 g/mol. The molecule has 0 bridgehead atoms. The van der Waals surface area contributed by atoms with Gasteiger partial charge >= 0.3 is 5.97 Å². The van der Waals surface area contributed by atoms with Gasteiger partial charge in [0.1, 0.15) is 103 Å². The maximum Gasteiger partial charge on any atom is 0.326 e. The smallest absolute Gasteiger partial charge is 0.326 e. The highest BCUT2D eigenvalue weighted by molar-refractivity contribution is 7.98. The molecule has 33 N–H and O–H groups in total. The molecule has 0 saturated carbocycles. The number of primary amides is 2. The number of H-pyrrole nitrogens is 2. The summed E-state index contributed by atoms with van der Waals surface area (Å²) in [5, 5.41) is 87.9. The maximum absolute atomic E-state index is 14.8. The molecule has 2 heterocycles. The number of aromatic nitrogens is 3. The number of carbonyl (C=O) groups is 22. The molecule has 0 spiro atoms. The Bertz CT molecular complexity index is 5190. The number of rotatable bonds is 68. The predicted molar refractivity (Wildman–Crippen MR) is 547 cm³/mol. The lowest BCUT2D eigenvalue weighted by Crippen LogP contribution is -2.62. The zero-order valence-corrected chi connectivity index (χ0v) is 87.4. The highest BCUT2D eigenvalue weighted by Gasteiger charge is 2.42. The molecule has 0 saturated heterocycles. The Balaban J connectivity index is 1.50. The van der Waals surface area contributed by atoms with E-state index in [0.29, 0.717) is 46.3 Å². The minimum absolute atomic E-state index is 0.0699. The number of amides is 21. The van der Waals surface area contributed by atoms with E-state index in [1.54, 1.807) is 102 Å². The van der Waals surface area contributed by atoms with Crippen LogP contribution in [0.2, 0.25) is 0 Å². The molecule has 0 aliphatic carbocycles. The number of thioether (sulfide) groups is 1. The van der Waals surface area contributed by atoms with E-state index < -0.39 is 308 Å². The molecule has 21 amide bonds. The summed E-state index contributed by atoms with van der Waals surface area (Å²) in [6, 6.07) is -13.2. The van der Waals surface area contributed by atoms with Crippen LogP contribution in [0, 0.1) is 29.6 Å². The number of nitrogens with one attached hydrogen (secondary N) is 21. The highest BCUT2D eigenvalue weighted by Crippen LogP contribution is 2.22. The summed E-state index contributed by atoms with van der Waals surface area (Å²) in [7, 11) is 0. The molecule has 826 valence electrons. The van der Waals surface area contributed by atoms with Gasteiger partial charge < -0.3 is 154 Å². The van der Waals surface area contributed by atoms with Gasteiger partial charge in [0.2, 0.25) is 124 Å². The van der Waals surface area contributed by atoms with Crippen molar-refractivity contribution >= 4 is 165 Å². The summed E-state index contributed by atoms with van der Waals surface area (Å²) in [5.41, 5.74) is 24.7. The van der Waals surface area contributed by atoms with E-state index in [4.69, 9.17) is 22.9 Å². The molecule has 0 fully saturated rings. The second-order valence-electron chi connectivity index (χ2n) is 37.1. The van der Waals surface area contributed by atoms with Crippen LogP contribution in [0.5, 0.6) is 0 Å². The molecule has 4 aromatic rings. The Labute approximate surface area is 871 Å². The van der Waals surface area contributed by atoms with E-state index in [1.807, 2.05) is 6.26 Å². The minimum Gasteiger partial charge on any atom is -0.480 e. The number of thiol groups is 1. The lowest BCUT2D eigenvalue weighted by Gasteiger charge is -2.30. The van der Waals surface area contributed by atoms with Gasteiger partial charge in [-0.2, -0.15) is 24.4 Å². The number of hydrogen-bond donors (Lipinski definition) is 30. The second kappa shape index (κ2) is 65.0. The van der Waals surface area contributed by atoms with Crippen molar-refractivity contribution in [2.75, 3.05) is 57.2 Å². The van der Waals surface area contributed by atoms with Crippen molar-refractivity contribution in [3.63, 3.8) is 0 Å². The second-order valence-corrected chi connectivity index (χ2v) is 38.5. The largest absolute Gasteiger partial charge is 0.480 e. The SMILES string of the molecule is CC[C@H](C)[C@H](NC(=O)[C@H](C)NC(=O)[C@H](Cc1c[nH]c2ccccc12)NC(=O)[C@H](C)NC(=O)[C@H](Cc1ccccc1)NC(=O)[C@H](CO)NC(=O)[C@H](CC(C)C)NC(=O)[C@H](CO)NC(=O)CNC(=O)CNC(=O)[C@@H](NC(=O)[C@@H](N)CCSC)[C@@H](C)CC)C(=O)N[C@H](C(=O)N[C@@H](CS)C(=O)N[C@@H](CC(N)=O)C(=O)N[C@@H](CCCCN)C(=O)N[C@@H](CC(N)=O)C(=O)N[C@@H](CO)C(=O)N[C@@H](Cc1cnc[nH]1)C(=O)N[C@H](C(=O)O)C(C)C)C(C)C. The number of carboxylic acids is 1. The topological polar surface area (TPSA) is 834 Å². The fraction of sp³-hybridized carbons (Fsp3) is 0.589. The molecule has 20 atom stereocenters. The van der Waals surface area contributed by atoms with Gasteiger partial charge in [-0.15, -0.1) is 0 Å². The first kappa shape index (κ1) is 127. The number of carboxylic acid groups (broad SMARTS) is 1. The molecule has 0 aliphatic heterocycles. The Morgan fingerprint density at radius 3 is 1.32 bits per heavy atom. The number of para-hydroxylation sites is 1. The number of nitrogens with two attached hydrogens (primary N) is 4. The number of benzene rings is 2. The molecule has 0 aliphatic rings. The molecule has 4 rings (SSSR count). The number of imidazole rings is 1. The lowest BCUT2D eigenvalue weighted by atomic mass is 9.96. The van der Waals surface area contributed by atoms with Crippen LogP contribution in [-0.4, -0.2) is 331 Å². The van der Waals surface area contributed by atoms with Crippen LogP contribution in [-0.2, 0) is 125 Å². The molecule has 0 radical (unpaired) electrons. The molecule has 2 aromatic heterocycles. The number of aliphatic hydroxyl groups is 3. The summed E-state index contributed by atoms with van der Waals surface area (Å²) in [5.74, 6) is -25.8. The minimum atomic E-state index is -1.96. The van der Waals surface area contributed by atoms with Crippen LogP contribution in [0.4, 0.5) is 0 Å². The van der Waals surface area contributed by atoms with Crippen molar-refractivity contribution < 1.29 is 126 Å². The Hall–Kier alpha value is -14.0. The predicted octanol–water partition coefficient (Wildman–Crippen LogP) is -8.17. The first-order valence-electron chi connectivity index (χ1n) is 48.8. The Kier molecular flexibility index (Phi) is 55.5. The first-order chi connectivity index (χ1) is 70.4. The van der Waals surface area contributed by atoms with Gasteiger partial charge in [0.25, 0.3) is 0 Å². The standard InChI is InChI=1S/C95H148N26O26S2/c1-14-49(9)76(121-80(131)57(97)28-30-149-13)92(143)103-39-72(127)102-40-73(128)107-66(41-122)88(139)110-60(31-46(3)4)84(135)115-67(42-123)89(140)111-61(32-53-23-17-16-18-24-53)82(133)105-51(11)78(129)109-62(33-54-37-101-58-26-20-19-25-56(54)58)83(134)106-52(12)79(130)120-77(50(10)15-2)94(145)118-74(47(5)6)93(144)117-69(44-148)91(142)114-64(35-70(98)125)85(136)108-59(27-21-22-29-96)81(132)113-65(36-71(99)126)86(137)116-68(43-124)90(141)112-63(34-55-38-100-45-104-55)87(138)119-75(48(7)8)95(146)147/h16-20,23-26,37-38,45-52,57,59-69,74-77,101,122-124,148H,14-15,21-22,27-36,39-44,96-97H2,1-13H3,(H2,98,125)(H2,99,126)(H,100,104)(H,102,127)(H,103,143)(H,105,133)(H,106,134)(H,107,128)(H,108,136)(H,109,129)(H,110,139)(H,111,140)(H,112,141)(H,113,132)(H,114,142)(H,115,135)(H,116,137)(H,117,144)(H,118,145)(H,119,138)(H,120,130)(H,121,131)(H,146,147)/t49-,50-,51-,52-,57-,59-,60-,61-,62-,63-,64-,65-,66-,67-,68-,69-,74-,75-,76-,77-/m0/s1. The van der Waals surface area contributed by atoms with Gasteiger partial charge in [-0.25, -0.2) is 9.78 Å². The van der Waals surface area contributed by atoms with Crippen molar-refractivity contribution in [3.05, 3.63) is 90.1 Å². The molecule has 149 heavy (non-hydrogen) atoms. The monoisotopic (exact) mass is 2130 g/mol. The number of aliphatic carboxylic acids is 1. The van der Waals surface area contributed by atoms with Crippen LogP contribution < -0.4 is 124 Å². The van der Waals surface area contributed by atoms with Gasteiger partial charge in [0, 0.05) is 54.0 Å². The average Bonchev–Trinajstić information content (AvgIpc) is 1.52. The molecule has 0 unspecified atom stereocenters. The van der Waals surface area contributed by atoms with Gasteiger partial charge in [-0.1, -0.05) is 131 Å². The van der Waals surface area contributed by atoms with Crippen molar-refractivity contribution in [1.82, 2.24) is 116 Å². The van der Waals surface area contributed by atoms with Gasteiger partial charge in [0.15, 0.2) is 0 Å². The van der Waals surface area contributed by atoms with E-state index in [2.05, 4.69) is 129 Å². The van der Waals surface area contributed by atoms with E-state index >= 15 is 0 Å². The van der Waals surface area contributed by atoms with Crippen molar-refractivity contribution in [3.8, 4) is 0 Å². The fourth-order valence-electron chi connectivity index (χ4n) is 14.8. The molecule has 2 aromatic carbocycles. The van der Waals surface area contributed by atoms with Crippen molar-refractivity contribution in [1.29, 1.82) is 0 Å². The van der Waals surface area contributed by atoms with Gasteiger partial charge in [-0.05, 0) is 111 Å². The Morgan fingerprint density at radius 1 is 0.409 bits per heavy atom.